The van der Waals surface area contributed by atoms with Crippen LogP contribution < -0.4 is 9.80 Å². The summed E-state index contributed by atoms with van der Waals surface area (Å²) in [6, 6.07) is 66.8. The number of nitrogens with zero attached hydrogens (tertiary/aromatic N) is 3. The third-order valence-electron chi connectivity index (χ3n) is 12.0. The van der Waals surface area contributed by atoms with Crippen LogP contribution in [0.2, 0.25) is 0 Å². The highest BCUT2D eigenvalue weighted by Crippen LogP contribution is 2.52. The van der Waals surface area contributed by atoms with E-state index in [-0.39, 0.29) is 17.4 Å². The van der Waals surface area contributed by atoms with Crippen molar-refractivity contribution >= 4 is 91.0 Å². The average molecular weight is 864 g/mol. The summed E-state index contributed by atoms with van der Waals surface area (Å²) in [5.41, 5.74) is 10.9. The summed E-state index contributed by atoms with van der Waals surface area (Å²) in [4.78, 5) is 37.8. The Morgan fingerprint density at radius 3 is 1.06 bits per heavy atom. The van der Waals surface area contributed by atoms with Crippen molar-refractivity contribution in [1.82, 2.24) is 4.57 Å². The molecule has 5 nitrogen and oxygen atoms in total. The lowest BCUT2D eigenvalue weighted by Gasteiger charge is -2.32. The Labute approximate surface area is 377 Å². The smallest absolute Gasteiger partial charge is 0.193 e. The van der Waals surface area contributed by atoms with Gasteiger partial charge in [-0.2, -0.15) is 0 Å². The minimum absolute atomic E-state index is 0.115. The maximum atomic E-state index is 14.3. The number of fused-ring (bicyclic) bond motifs is 7. The van der Waals surface area contributed by atoms with Crippen LogP contribution in [-0.2, 0) is 0 Å². The lowest BCUT2D eigenvalue weighted by molar-refractivity contribution is 0.103. The zero-order valence-corrected chi connectivity index (χ0v) is 35.6. The fourth-order valence-corrected chi connectivity index (χ4v) is 11.1. The van der Waals surface area contributed by atoms with Gasteiger partial charge >= 0.3 is 0 Å². The van der Waals surface area contributed by atoms with Crippen molar-refractivity contribution in [2.24, 2.45) is 0 Å². The zero-order valence-electron chi connectivity index (χ0n) is 34.0. The van der Waals surface area contributed by atoms with Crippen LogP contribution in [0.3, 0.4) is 0 Å². The summed E-state index contributed by atoms with van der Waals surface area (Å²) >= 11 is 3.51. The highest BCUT2D eigenvalue weighted by Gasteiger charge is 2.27. The number of para-hydroxylation sites is 4. The van der Waals surface area contributed by atoms with Gasteiger partial charge in [0.15, 0.2) is 11.6 Å². The summed E-state index contributed by atoms with van der Waals surface area (Å²) in [7, 11) is 0. The predicted octanol–water partition coefficient (Wildman–Crippen LogP) is 15.3. The third kappa shape index (κ3) is 6.33. The Morgan fingerprint density at radius 2 is 0.688 bits per heavy atom. The van der Waals surface area contributed by atoms with E-state index >= 15 is 0 Å². The number of carbonyl (C=O) groups excluding carboxylic acids is 2. The Morgan fingerprint density at radius 1 is 0.359 bits per heavy atom. The minimum Gasteiger partial charge on any atom is -0.309 e. The molecular weight excluding hydrogens is 830 g/mol. The van der Waals surface area contributed by atoms with Crippen LogP contribution in [0.25, 0.3) is 27.5 Å². The number of benzene rings is 9. The first-order valence-electron chi connectivity index (χ1n) is 20.9. The molecule has 3 heterocycles. The molecule has 0 saturated heterocycles. The van der Waals surface area contributed by atoms with Crippen LogP contribution in [0, 0.1) is 5.82 Å². The molecule has 0 aliphatic carbocycles. The van der Waals surface area contributed by atoms with Gasteiger partial charge in [-0.1, -0.05) is 72.1 Å². The normalized spacial score (nSPS) is 12.7. The molecule has 0 amide bonds. The van der Waals surface area contributed by atoms with Crippen LogP contribution in [0.5, 0.6) is 0 Å². The Bertz CT molecular complexity index is 3210. The molecule has 10 aromatic rings. The number of hydrogen-bond donors (Lipinski definition) is 0. The molecular formula is C56H34FN3O2S2. The number of rotatable bonds is 7. The summed E-state index contributed by atoms with van der Waals surface area (Å²) < 4.78 is 16.2. The number of hydrogen-bond acceptors (Lipinski definition) is 6. The Kier molecular flexibility index (Phi) is 9.10. The molecule has 0 fully saturated rings. The van der Waals surface area contributed by atoms with Gasteiger partial charge in [-0.05, 0) is 158 Å². The first kappa shape index (κ1) is 38.1. The summed E-state index contributed by atoms with van der Waals surface area (Å²) in [6.07, 6.45) is 0. The summed E-state index contributed by atoms with van der Waals surface area (Å²) in [5, 5.41) is 1.62. The number of carbonyl (C=O) groups is 2. The Hall–Kier alpha value is -7.65. The van der Waals surface area contributed by atoms with Crippen molar-refractivity contribution in [2.45, 2.75) is 19.6 Å². The standard InChI is InChI=1S/C56H34FN3O2S2/c57-39-23-29-42(30-24-39)58-45-31-21-37(55(61)35-17-25-40(26-18-35)59-47-9-1-5-13-51(47)63-52-14-6-2-10-48(52)59)33-43(45)44-34-38(22-32-46(44)58)56(62)36-19-27-41(28-20-36)60-49-11-3-7-15-53(49)64-54-16-8-4-12-50(54)60/h1-34H. The molecule has 2 aliphatic rings. The van der Waals surface area contributed by atoms with Crippen LogP contribution in [0.1, 0.15) is 31.8 Å². The van der Waals surface area contributed by atoms with E-state index in [4.69, 9.17) is 0 Å². The average Bonchev–Trinajstić information content (AvgIpc) is 3.67. The van der Waals surface area contributed by atoms with Gasteiger partial charge in [-0.15, -0.1) is 0 Å². The van der Waals surface area contributed by atoms with Crippen molar-refractivity contribution in [3.05, 3.63) is 234 Å². The molecule has 8 heteroatoms. The lowest BCUT2D eigenvalue weighted by Crippen LogP contribution is -2.14. The summed E-state index contributed by atoms with van der Waals surface area (Å²) in [6.45, 7) is 0. The molecule has 9 aromatic carbocycles. The molecule has 2 aliphatic heterocycles. The maximum absolute atomic E-state index is 14.3. The van der Waals surface area contributed by atoms with Crippen LogP contribution in [0.15, 0.2) is 226 Å². The fraction of sp³-hybridized carbons (Fsp3) is 0. The SMILES string of the molecule is O=C(c1ccc(N2c3ccccc3Sc3ccccc32)cc1)c1ccc2c(c1)c1cc(C(=O)c3ccc(N4c5ccccc5Sc5ccccc54)cc3)ccc1n2-c1ccc(F)cc1. The highest BCUT2D eigenvalue weighted by atomic mass is 32.2. The molecule has 0 N–H and O–H groups in total. The van der Waals surface area contributed by atoms with E-state index in [2.05, 4.69) is 87.2 Å². The van der Waals surface area contributed by atoms with Gasteiger partial charge in [-0.3, -0.25) is 9.59 Å². The number of halogens is 1. The van der Waals surface area contributed by atoms with Gasteiger partial charge in [0, 0.05) is 69.7 Å². The molecule has 64 heavy (non-hydrogen) atoms. The zero-order chi connectivity index (χ0) is 42.9. The second-order valence-electron chi connectivity index (χ2n) is 15.8. The minimum atomic E-state index is -0.331. The highest BCUT2D eigenvalue weighted by molar-refractivity contribution is 8.00. The molecule has 0 bridgehead atoms. The largest absolute Gasteiger partial charge is 0.309 e. The van der Waals surface area contributed by atoms with E-state index in [1.165, 1.54) is 31.7 Å². The van der Waals surface area contributed by atoms with Gasteiger partial charge in [0.2, 0.25) is 0 Å². The molecule has 0 radical (unpaired) electrons. The van der Waals surface area contributed by atoms with E-state index in [1.807, 2.05) is 109 Å². The van der Waals surface area contributed by atoms with E-state index < -0.39 is 0 Å². The molecule has 0 atom stereocenters. The molecule has 0 unspecified atom stereocenters. The molecule has 304 valence electrons. The van der Waals surface area contributed by atoms with E-state index in [0.717, 1.165) is 61.6 Å². The number of aromatic nitrogens is 1. The van der Waals surface area contributed by atoms with Crippen molar-refractivity contribution in [3.8, 4) is 5.69 Å². The predicted molar refractivity (Wildman–Crippen MR) is 258 cm³/mol. The van der Waals surface area contributed by atoms with Gasteiger partial charge in [0.1, 0.15) is 5.82 Å². The molecule has 12 rings (SSSR count). The van der Waals surface area contributed by atoms with E-state index in [1.54, 1.807) is 35.7 Å². The topological polar surface area (TPSA) is 45.6 Å². The summed E-state index contributed by atoms with van der Waals surface area (Å²) in [5.74, 6) is -0.561. The molecule has 0 spiro atoms. The van der Waals surface area contributed by atoms with Crippen molar-refractivity contribution < 1.29 is 14.0 Å². The van der Waals surface area contributed by atoms with Gasteiger partial charge in [0.25, 0.3) is 0 Å². The van der Waals surface area contributed by atoms with Gasteiger partial charge < -0.3 is 14.4 Å². The lowest BCUT2D eigenvalue weighted by atomic mass is 9.98. The molecule has 0 saturated carbocycles. The number of ketones is 2. The Balaban J connectivity index is 0.902. The monoisotopic (exact) mass is 863 g/mol. The first-order valence-corrected chi connectivity index (χ1v) is 22.6. The van der Waals surface area contributed by atoms with Crippen molar-refractivity contribution in [1.29, 1.82) is 0 Å². The van der Waals surface area contributed by atoms with Crippen molar-refractivity contribution in [2.75, 3.05) is 9.80 Å². The second kappa shape index (κ2) is 15.3. The van der Waals surface area contributed by atoms with Crippen molar-refractivity contribution in [3.63, 3.8) is 0 Å². The quantitative estimate of drug-likeness (QED) is 0.149. The molecule has 1 aromatic heterocycles. The second-order valence-corrected chi connectivity index (χ2v) is 17.9. The van der Waals surface area contributed by atoms with Gasteiger partial charge in [0.05, 0.1) is 33.8 Å². The third-order valence-corrected chi connectivity index (χ3v) is 14.3. The van der Waals surface area contributed by atoms with Crippen LogP contribution in [-0.4, -0.2) is 16.1 Å². The maximum Gasteiger partial charge on any atom is 0.193 e. The van der Waals surface area contributed by atoms with Crippen LogP contribution in [0.4, 0.5) is 38.5 Å². The first-order chi connectivity index (χ1) is 31.5. The fourth-order valence-electron chi connectivity index (χ4n) is 9.00. The number of anilines is 6. The van der Waals surface area contributed by atoms with Crippen LogP contribution >= 0.6 is 23.5 Å². The van der Waals surface area contributed by atoms with E-state index in [9.17, 15) is 14.0 Å². The van der Waals surface area contributed by atoms with Gasteiger partial charge in [-0.25, -0.2) is 4.39 Å². The van der Waals surface area contributed by atoms with E-state index in [0.29, 0.717) is 22.3 Å².